The van der Waals surface area contributed by atoms with Gasteiger partial charge in [0.1, 0.15) is 23.1 Å². The Labute approximate surface area is 121 Å². The van der Waals surface area contributed by atoms with Crippen molar-refractivity contribution in [1.29, 1.82) is 5.26 Å². The molecule has 0 aliphatic carbocycles. The Bertz CT molecular complexity index is 575. The Morgan fingerprint density at radius 2 is 1.82 bits per heavy atom. The number of rotatable bonds is 2. The highest BCUT2D eigenvalue weighted by atomic mass is 127. The fraction of sp³-hybridized carbons (Fsp3) is 0. The minimum atomic E-state index is 0.506. The van der Waals surface area contributed by atoms with Crippen molar-refractivity contribution in [3.8, 4) is 17.6 Å². The van der Waals surface area contributed by atoms with E-state index < -0.39 is 0 Å². The number of hydrogen-bond donors (Lipinski definition) is 0. The third-order valence-corrected chi connectivity index (χ3v) is 3.51. The van der Waals surface area contributed by atoms with Crippen molar-refractivity contribution >= 4 is 38.5 Å². The van der Waals surface area contributed by atoms with Crippen LogP contribution in [-0.2, 0) is 0 Å². The molecule has 0 radical (unpaired) electrons. The molecule has 2 aromatic rings. The van der Waals surface area contributed by atoms with Gasteiger partial charge in [0, 0.05) is 8.04 Å². The van der Waals surface area contributed by atoms with Crippen LogP contribution in [0.25, 0.3) is 0 Å². The van der Waals surface area contributed by atoms with Gasteiger partial charge in [0.2, 0.25) is 0 Å². The summed E-state index contributed by atoms with van der Waals surface area (Å²) in [4.78, 5) is 0. The van der Waals surface area contributed by atoms with E-state index in [2.05, 4.69) is 44.6 Å². The summed E-state index contributed by atoms with van der Waals surface area (Å²) < 4.78 is 7.56. The SMILES string of the molecule is N#Cc1c(Br)cccc1Oc1ccc(I)cc1. The first-order valence-corrected chi connectivity index (χ1v) is 6.70. The van der Waals surface area contributed by atoms with E-state index in [0.717, 1.165) is 13.8 Å². The smallest absolute Gasteiger partial charge is 0.146 e. The first-order chi connectivity index (χ1) is 8.20. The third-order valence-electron chi connectivity index (χ3n) is 2.13. The quantitative estimate of drug-likeness (QED) is 0.684. The van der Waals surface area contributed by atoms with Gasteiger partial charge in [0.25, 0.3) is 0 Å². The van der Waals surface area contributed by atoms with Crippen LogP contribution in [0.15, 0.2) is 46.9 Å². The molecule has 0 bridgehead atoms. The summed E-state index contributed by atoms with van der Waals surface area (Å²) in [7, 11) is 0. The molecule has 0 amide bonds. The van der Waals surface area contributed by atoms with Gasteiger partial charge in [-0.25, -0.2) is 0 Å². The average Bonchev–Trinajstić information content (AvgIpc) is 2.32. The number of halogens is 2. The standard InChI is InChI=1S/C13H7BrINO/c14-12-2-1-3-13(11(12)8-16)17-10-6-4-9(15)5-7-10/h1-7H. The van der Waals surface area contributed by atoms with E-state index in [1.807, 2.05) is 36.4 Å². The molecule has 84 valence electrons. The summed E-state index contributed by atoms with van der Waals surface area (Å²) in [5, 5.41) is 9.06. The summed E-state index contributed by atoms with van der Waals surface area (Å²) in [6, 6.07) is 15.2. The van der Waals surface area contributed by atoms with Crippen LogP contribution in [0.4, 0.5) is 0 Å². The van der Waals surface area contributed by atoms with Crippen molar-refractivity contribution in [1.82, 2.24) is 0 Å². The molecule has 0 heterocycles. The minimum Gasteiger partial charge on any atom is -0.456 e. The average molecular weight is 400 g/mol. The first-order valence-electron chi connectivity index (χ1n) is 4.83. The lowest BCUT2D eigenvalue weighted by molar-refractivity contribution is 0.480. The third kappa shape index (κ3) is 2.99. The molecule has 2 aromatic carbocycles. The molecule has 2 rings (SSSR count). The monoisotopic (exact) mass is 399 g/mol. The van der Waals surface area contributed by atoms with Gasteiger partial charge in [-0.2, -0.15) is 5.26 Å². The first kappa shape index (κ1) is 12.4. The van der Waals surface area contributed by atoms with E-state index in [1.54, 1.807) is 6.07 Å². The molecule has 0 aliphatic heterocycles. The maximum Gasteiger partial charge on any atom is 0.146 e. The van der Waals surface area contributed by atoms with Crippen LogP contribution in [0.2, 0.25) is 0 Å². The van der Waals surface area contributed by atoms with Gasteiger partial charge in [0.15, 0.2) is 0 Å². The summed E-state index contributed by atoms with van der Waals surface area (Å²) in [5.74, 6) is 1.28. The Kier molecular flexibility index (Phi) is 4.02. The van der Waals surface area contributed by atoms with Crippen molar-refractivity contribution in [3.63, 3.8) is 0 Å². The van der Waals surface area contributed by atoms with Crippen LogP contribution in [0, 0.1) is 14.9 Å². The molecule has 0 atom stereocenters. The molecule has 0 saturated heterocycles. The van der Waals surface area contributed by atoms with Crippen molar-refractivity contribution in [2.24, 2.45) is 0 Å². The van der Waals surface area contributed by atoms with Gasteiger partial charge in [-0.1, -0.05) is 6.07 Å². The van der Waals surface area contributed by atoms with E-state index in [1.165, 1.54) is 0 Å². The van der Waals surface area contributed by atoms with E-state index >= 15 is 0 Å². The second-order valence-corrected chi connectivity index (χ2v) is 5.38. The highest BCUT2D eigenvalue weighted by Crippen LogP contribution is 2.30. The fourth-order valence-corrected chi connectivity index (χ4v) is 2.12. The molecule has 0 N–H and O–H groups in total. The number of benzene rings is 2. The van der Waals surface area contributed by atoms with Crippen molar-refractivity contribution in [2.75, 3.05) is 0 Å². The highest BCUT2D eigenvalue weighted by Gasteiger charge is 2.07. The predicted octanol–water partition coefficient (Wildman–Crippen LogP) is 4.72. The lowest BCUT2D eigenvalue weighted by atomic mass is 10.2. The normalized spacial score (nSPS) is 9.71. The Morgan fingerprint density at radius 1 is 1.12 bits per heavy atom. The van der Waals surface area contributed by atoms with Crippen LogP contribution in [-0.4, -0.2) is 0 Å². The molecule has 0 fully saturated rings. The predicted molar refractivity (Wildman–Crippen MR) is 78.1 cm³/mol. The number of nitriles is 1. The summed E-state index contributed by atoms with van der Waals surface area (Å²) >= 11 is 5.56. The maximum absolute atomic E-state index is 9.06. The molecule has 17 heavy (non-hydrogen) atoms. The second kappa shape index (κ2) is 5.52. The summed E-state index contributed by atoms with van der Waals surface area (Å²) in [5.41, 5.74) is 0.506. The molecule has 2 nitrogen and oxygen atoms in total. The Hall–Kier alpha value is -1.06. The van der Waals surface area contributed by atoms with E-state index in [0.29, 0.717) is 11.3 Å². The van der Waals surface area contributed by atoms with Gasteiger partial charge in [-0.15, -0.1) is 0 Å². The topological polar surface area (TPSA) is 33.0 Å². The fourth-order valence-electron chi connectivity index (χ4n) is 1.33. The number of ether oxygens (including phenoxy) is 1. The molecular weight excluding hydrogens is 393 g/mol. The molecule has 0 unspecified atom stereocenters. The lowest BCUT2D eigenvalue weighted by Crippen LogP contribution is -1.89. The highest BCUT2D eigenvalue weighted by molar-refractivity contribution is 14.1. The molecule has 0 aromatic heterocycles. The molecule has 0 spiro atoms. The summed E-state index contributed by atoms with van der Waals surface area (Å²) in [6.07, 6.45) is 0. The van der Waals surface area contributed by atoms with Crippen LogP contribution in [0.1, 0.15) is 5.56 Å². The van der Waals surface area contributed by atoms with Crippen molar-refractivity contribution in [3.05, 3.63) is 56.1 Å². The largest absolute Gasteiger partial charge is 0.456 e. The van der Waals surface area contributed by atoms with Gasteiger partial charge >= 0.3 is 0 Å². The number of hydrogen-bond acceptors (Lipinski definition) is 2. The molecule has 0 saturated carbocycles. The number of nitrogens with zero attached hydrogens (tertiary/aromatic N) is 1. The molecule has 4 heteroatoms. The molecular formula is C13H7BrINO. The summed E-state index contributed by atoms with van der Waals surface area (Å²) in [6.45, 7) is 0. The van der Waals surface area contributed by atoms with Crippen molar-refractivity contribution < 1.29 is 4.74 Å². The minimum absolute atomic E-state index is 0.506. The lowest BCUT2D eigenvalue weighted by Gasteiger charge is -2.08. The Morgan fingerprint density at radius 3 is 2.47 bits per heavy atom. The van der Waals surface area contributed by atoms with Crippen LogP contribution in [0.5, 0.6) is 11.5 Å². The van der Waals surface area contributed by atoms with Gasteiger partial charge in [-0.3, -0.25) is 0 Å². The zero-order chi connectivity index (χ0) is 12.3. The van der Waals surface area contributed by atoms with E-state index in [-0.39, 0.29) is 0 Å². The van der Waals surface area contributed by atoms with E-state index in [9.17, 15) is 0 Å². The molecule has 0 aliphatic rings. The maximum atomic E-state index is 9.06. The Balaban J connectivity index is 2.34. The van der Waals surface area contributed by atoms with Gasteiger partial charge < -0.3 is 4.74 Å². The van der Waals surface area contributed by atoms with Gasteiger partial charge in [-0.05, 0) is 74.9 Å². The van der Waals surface area contributed by atoms with Crippen LogP contribution in [0.3, 0.4) is 0 Å². The van der Waals surface area contributed by atoms with E-state index in [4.69, 9.17) is 10.00 Å². The van der Waals surface area contributed by atoms with Gasteiger partial charge in [0.05, 0.1) is 0 Å². The zero-order valence-electron chi connectivity index (χ0n) is 8.65. The van der Waals surface area contributed by atoms with Crippen LogP contribution >= 0.6 is 38.5 Å². The zero-order valence-corrected chi connectivity index (χ0v) is 12.4. The second-order valence-electron chi connectivity index (χ2n) is 3.28. The van der Waals surface area contributed by atoms with Crippen LogP contribution < -0.4 is 4.74 Å². The van der Waals surface area contributed by atoms with Crippen molar-refractivity contribution in [2.45, 2.75) is 0 Å².